The number of ether oxygens (including phenoxy) is 2. The number of rotatable bonds is 4. The lowest BCUT2D eigenvalue weighted by Crippen LogP contribution is -2.24. The minimum atomic E-state index is -0.362. The summed E-state index contributed by atoms with van der Waals surface area (Å²) in [4.78, 5) is 9.29. The van der Waals surface area contributed by atoms with E-state index in [1.807, 2.05) is 106 Å². The summed E-state index contributed by atoms with van der Waals surface area (Å²) in [5.74, 6) is 1.13. The van der Waals surface area contributed by atoms with E-state index in [0.717, 1.165) is 22.5 Å². The summed E-state index contributed by atoms with van der Waals surface area (Å²) in [5, 5.41) is 0. The Labute approximate surface area is 192 Å². The number of methoxy groups -OCH3 is 1. The van der Waals surface area contributed by atoms with Crippen LogP contribution in [0.2, 0.25) is 0 Å². The maximum atomic E-state index is 6.14. The average molecular weight is 431 g/mol. The van der Waals surface area contributed by atoms with Gasteiger partial charge in [0.1, 0.15) is 5.60 Å². The van der Waals surface area contributed by atoms with Crippen molar-refractivity contribution in [2.24, 2.45) is 9.98 Å². The first-order valence-electron chi connectivity index (χ1n) is 11.0. The van der Waals surface area contributed by atoms with Crippen molar-refractivity contribution >= 4 is 23.2 Å². The van der Waals surface area contributed by atoms with E-state index in [1.54, 1.807) is 7.11 Å². The van der Waals surface area contributed by atoms with Crippen molar-refractivity contribution in [2.45, 2.75) is 46.6 Å². The van der Waals surface area contributed by atoms with Gasteiger partial charge in [0.15, 0.2) is 0 Å². The van der Waals surface area contributed by atoms with E-state index in [4.69, 9.17) is 14.5 Å². The van der Waals surface area contributed by atoms with Gasteiger partial charge in [0.05, 0.1) is 18.5 Å². The highest BCUT2D eigenvalue weighted by Gasteiger charge is 2.17. The SMILES string of the molecule is CCC.COC(=Nc1ccccc1)c1ccc(C(=Nc2ccccc2)OC(C)(C)C)cc1. The zero-order valence-electron chi connectivity index (χ0n) is 20.0. The van der Waals surface area contributed by atoms with E-state index in [2.05, 4.69) is 18.8 Å². The van der Waals surface area contributed by atoms with E-state index in [9.17, 15) is 0 Å². The molecule has 32 heavy (non-hydrogen) atoms. The highest BCUT2D eigenvalue weighted by atomic mass is 16.5. The molecule has 0 amide bonds. The number of benzene rings is 3. The minimum Gasteiger partial charge on any atom is -0.481 e. The van der Waals surface area contributed by atoms with Crippen LogP contribution in [0.3, 0.4) is 0 Å². The first-order chi connectivity index (χ1) is 15.4. The summed E-state index contributed by atoms with van der Waals surface area (Å²) in [6.45, 7) is 10.3. The molecule has 0 spiro atoms. The molecule has 0 saturated carbocycles. The lowest BCUT2D eigenvalue weighted by atomic mass is 10.1. The van der Waals surface area contributed by atoms with Crippen LogP contribution in [0.1, 0.15) is 52.2 Å². The molecular weight excluding hydrogens is 396 g/mol. The molecule has 4 heteroatoms. The van der Waals surface area contributed by atoms with E-state index >= 15 is 0 Å². The van der Waals surface area contributed by atoms with Crippen molar-refractivity contribution in [3.8, 4) is 0 Å². The second kappa shape index (κ2) is 12.5. The molecule has 0 aliphatic carbocycles. The molecule has 0 N–H and O–H groups in total. The Morgan fingerprint density at radius 3 is 1.41 bits per heavy atom. The predicted molar refractivity (Wildman–Crippen MR) is 136 cm³/mol. The van der Waals surface area contributed by atoms with Crippen molar-refractivity contribution in [1.82, 2.24) is 0 Å². The van der Waals surface area contributed by atoms with Crippen LogP contribution in [0.4, 0.5) is 11.4 Å². The lowest BCUT2D eigenvalue weighted by molar-refractivity contribution is 0.118. The molecule has 0 saturated heterocycles. The molecule has 0 bridgehead atoms. The zero-order valence-corrected chi connectivity index (χ0v) is 20.0. The topological polar surface area (TPSA) is 43.2 Å². The van der Waals surface area contributed by atoms with Gasteiger partial charge in [-0.1, -0.05) is 56.7 Å². The van der Waals surface area contributed by atoms with Crippen molar-refractivity contribution in [3.63, 3.8) is 0 Å². The molecule has 0 aliphatic rings. The second-order valence-corrected chi connectivity index (χ2v) is 8.21. The monoisotopic (exact) mass is 430 g/mol. The third kappa shape index (κ3) is 8.38. The molecule has 0 fully saturated rings. The Morgan fingerprint density at radius 1 is 0.656 bits per heavy atom. The van der Waals surface area contributed by atoms with Gasteiger partial charge in [-0.15, -0.1) is 0 Å². The van der Waals surface area contributed by atoms with Crippen molar-refractivity contribution in [2.75, 3.05) is 7.11 Å². The third-order valence-electron chi connectivity index (χ3n) is 3.95. The molecule has 4 nitrogen and oxygen atoms in total. The molecular formula is C28H34N2O2. The van der Waals surface area contributed by atoms with Gasteiger partial charge in [-0.3, -0.25) is 0 Å². The maximum absolute atomic E-state index is 6.14. The van der Waals surface area contributed by atoms with E-state index in [0.29, 0.717) is 11.8 Å². The van der Waals surface area contributed by atoms with Crippen molar-refractivity contribution in [1.29, 1.82) is 0 Å². The molecule has 0 atom stereocenters. The fourth-order valence-corrected chi connectivity index (χ4v) is 2.66. The summed E-state index contributed by atoms with van der Waals surface area (Å²) in [7, 11) is 1.63. The molecule has 0 unspecified atom stereocenters. The molecule has 3 aromatic carbocycles. The lowest BCUT2D eigenvalue weighted by Gasteiger charge is -2.22. The maximum Gasteiger partial charge on any atom is 0.221 e. The van der Waals surface area contributed by atoms with Crippen LogP contribution < -0.4 is 0 Å². The summed E-state index contributed by atoms with van der Waals surface area (Å²) in [6, 6.07) is 27.4. The summed E-state index contributed by atoms with van der Waals surface area (Å²) in [6.07, 6.45) is 1.25. The Bertz CT molecular complexity index is 987. The van der Waals surface area contributed by atoms with Crippen LogP contribution in [-0.2, 0) is 9.47 Å². The Hall–Kier alpha value is -3.40. The first-order valence-corrected chi connectivity index (χ1v) is 11.0. The van der Waals surface area contributed by atoms with Crippen LogP contribution in [0.25, 0.3) is 0 Å². The largest absolute Gasteiger partial charge is 0.481 e. The van der Waals surface area contributed by atoms with Crippen LogP contribution >= 0.6 is 0 Å². The fourth-order valence-electron chi connectivity index (χ4n) is 2.66. The molecule has 3 aromatic rings. The fraction of sp³-hybridized carbons (Fsp3) is 0.286. The van der Waals surface area contributed by atoms with E-state index < -0.39 is 0 Å². The summed E-state index contributed by atoms with van der Waals surface area (Å²) >= 11 is 0. The minimum absolute atomic E-state index is 0.362. The second-order valence-electron chi connectivity index (χ2n) is 8.21. The molecule has 0 aliphatic heterocycles. The Morgan fingerprint density at radius 2 is 1.03 bits per heavy atom. The third-order valence-corrected chi connectivity index (χ3v) is 3.95. The van der Waals surface area contributed by atoms with Gasteiger partial charge in [-0.25, -0.2) is 9.98 Å². The van der Waals surface area contributed by atoms with Crippen LogP contribution in [-0.4, -0.2) is 24.5 Å². The first kappa shape index (κ1) is 24.9. The number of nitrogens with zero attached hydrogens (tertiary/aromatic N) is 2. The van der Waals surface area contributed by atoms with Crippen molar-refractivity contribution in [3.05, 3.63) is 96.1 Å². The standard InChI is InChI=1S/C25H26N2O2.C3H8/c1-25(2,3)29-24(27-22-13-9-6-10-14-22)20-17-15-19(16-18-20)23(28-4)26-21-11-7-5-8-12-21;1-3-2/h5-18H,1-4H3;3H2,1-2H3. The number of hydrogen-bond donors (Lipinski definition) is 0. The number of hydrogen-bond acceptors (Lipinski definition) is 4. The highest BCUT2D eigenvalue weighted by molar-refractivity contribution is 5.99. The van der Waals surface area contributed by atoms with Crippen LogP contribution in [0.5, 0.6) is 0 Å². The molecule has 168 valence electrons. The van der Waals surface area contributed by atoms with Crippen LogP contribution in [0, 0.1) is 0 Å². The quantitative estimate of drug-likeness (QED) is 0.314. The number of para-hydroxylation sites is 2. The number of aliphatic imine (C=N–C) groups is 2. The van der Waals surface area contributed by atoms with E-state index in [-0.39, 0.29) is 5.60 Å². The van der Waals surface area contributed by atoms with Gasteiger partial charge < -0.3 is 9.47 Å². The van der Waals surface area contributed by atoms with Gasteiger partial charge >= 0.3 is 0 Å². The Balaban J connectivity index is 0.00000114. The Kier molecular flexibility index (Phi) is 9.68. The predicted octanol–water partition coefficient (Wildman–Crippen LogP) is 7.72. The van der Waals surface area contributed by atoms with Gasteiger partial charge in [0.2, 0.25) is 11.8 Å². The van der Waals surface area contributed by atoms with E-state index in [1.165, 1.54) is 6.42 Å². The highest BCUT2D eigenvalue weighted by Crippen LogP contribution is 2.20. The molecule has 0 aromatic heterocycles. The van der Waals surface area contributed by atoms with Crippen LogP contribution in [0.15, 0.2) is 94.9 Å². The van der Waals surface area contributed by atoms with Gasteiger partial charge in [0, 0.05) is 11.1 Å². The van der Waals surface area contributed by atoms with Gasteiger partial charge in [-0.05, 0) is 69.3 Å². The van der Waals surface area contributed by atoms with Crippen molar-refractivity contribution < 1.29 is 9.47 Å². The normalized spacial score (nSPS) is 11.9. The zero-order chi connectivity index (χ0) is 23.4. The molecule has 3 rings (SSSR count). The average Bonchev–Trinajstić information content (AvgIpc) is 2.78. The summed E-state index contributed by atoms with van der Waals surface area (Å²) in [5.41, 5.74) is 3.10. The van der Waals surface area contributed by atoms with Gasteiger partial charge in [0.25, 0.3) is 0 Å². The van der Waals surface area contributed by atoms with Gasteiger partial charge in [-0.2, -0.15) is 0 Å². The summed E-state index contributed by atoms with van der Waals surface area (Å²) < 4.78 is 11.6. The molecule has 0 heterocycles. The molecule has 0 radical (unpaired) electrons. The smallest absolute Gasteiger partial charge is 0.221 e.